The van der Waals surface area contributed by atoms with Crippen molar-refractivity contribution in [3.63, 3.8) is 0 Å². The average Bonchev–Trinajstić information content (AvgIpc) is 2.93. The van der Waals surface area contributed by atoms with E-state index in [9.17, 15) is 5.11 Å². The zero-order valence-electron chi connectivity index (χ0n) is 11.5. The SMILES string of the molecule is CC(C)(O)Cn1cc2cc(N)c(-c3ccoc3)cc2n1. The maximum absolute atomic E-state index is 9.86. The lowest BCUT2D eigenvalue weighted by molar-refractivity contribution is 0.0580. The van der Waals surface area contributed by atoms with Crippen LogP contribution in [0.2, 0.25) is 0 Å². The number of aromatic nitrogens is 2. The Bertz CT molecular complexity index is 736. The zero-order valence-corrected chi connectivity index (χ0v) is 11.5. The van der Waals surface area contributed by atoms with E-state index in [2.05, 4.69) is 5.10 Å². The van der Waals surface area contributed by atoms with Crippen LogP contribution in [0, 0.1) is 0 Å². The van der Waals surface area contributed by atoms with Crippen LogP contribution in [0.15, 0.2) is 41.3 Å². The highest BCUT2D eigenvalue weighted by Crippen LogP contribution is 2.30. The van der Waals surface area contributed by atoms with Crippen LogP contribution in [0.1, 0.15) is 13.8 Å². The first-order valence-corrected chi connectivity index (χ1v) is 6.44. The highest BCUT2D eigenvalue weighted by molar-refractivity contribution is 5.91. The summed E-state index contributed by atoms with van der Waals surface area (Å²) in [5.74, 6) is 0. The summed E-state index contributed by atoms with van der Waals surface area (Å²) in [6.45, 7) is 3.94. The van der Waals surface area contributed by atoms with Gasteiger partial charge in [0, 0.05) is 28.4 Å². The van der Waals surface area contributed by atoms with Crippen molar-refractivity contribution in [2.75, 3.05) is 5.73 Å². The van der Waals surface area contributed by atoms with Gasteiger partial charge >= 0.3 is 0 Å². The van der Waals surface area contributed by atoms with Gasteiger partial charge in [-0.1, -0.05) is 0 Å². The summed E-state index contributed by atoms with van der Waals surface area (Å²) in [6.07, 6.45) is 5.17. The van der Waals surface area contributed by atoms with Gasteiger partial charge in [0.2, 0.25) is 0 Å². The lowest BCUT2D eigenvalue weighted by Crippen LogP contribution is -2.26. The summed E-state index contributed by atoms with van der Waals surface area (Å²) in [5, 5.41) is 15.3. The smallest absolute Gasteiger partial charge is 0.0981 e. The van der Waals surface area contributed by atoms with Gasteiger partial charge in [0.1, 0.15) is 0 Å². The third-order valence-electron chi connectivity index (χ3n) is 3.10. The first-order valence-electron chi connectivity index (χ1n) is 6.44. The number of nitrogen functional groups attached to an aromatic ring is 1. The Balaban J connectivity index is 2.07. The van der Waals surface area contributed by atoms with E-state index >= 15 is 0 Å². The minimum atomic E-state index is -0.805. The molecule has 0 aliphatic rings. The van der Waals surface area contributed by atoms with Crippen LogP contribution in [0.4, 0.5) is 5.69 Å². The number of nitrogens with zero attached hydrogens (tertiary/aromatic N) is 2. The monoisotopic (exact) mass is 271 g/mol. The van der Waals surface area contributed by atoms with Gasteiger partial charge in [0.15, 0.2) is 0 Å². The van der Waals surface area contributed by atoms with Gasteiger partial charge in [0.25, 0.3) is 0 Å². The molecule has 0 aliphatic heterocycles. The molecule has 0 saturated heterocycles. The summed E-state index contributed by atoms with van der Waals surface area (Å²) in [5.41, 5.74) is 8.65. The number of aliphatic hydroxyl groups is 1. The molecule has 5 heteroatoms. The summed E-state index contributed by atoms with van der Waals surface area (Å²) >= 11 is 0. The number of anilines is 1. The van der Waals surface area contributed by atoms with Crippen LogP contribution >= 0.6 is 0 Å². The molecule has 0 aliphatic carbocycles. The van der Waals surface area contributed by atoms with Crippen molar-refractivity contribution in [2.45, 2.75) is 26.0 Å². The quantitative estimate of drug-likeness (QED) is 0.718. The summed E-state index contributed by atoms with van der Waals surface area (Å²) in [6, 6.07) is 5.70. The maximum atomic E-state index is 9.86. The minimum Gasteiger partial charge on any atom is -0.472 e. The van der Waals surface area contributed by atoms with E-state index in [-0.39, 0.29) is 0 Å². The predicted molar refractivity (Wildman–Crippen MR) is 78.1 cm³/mol. The second-order valence-electron chi connectivity index (χ2n) is 5.65. The van der Waals surface area contributed by atoms with Crippen LogP contribution in [0.5, 0.6) is 0 Å². The largest absolute Gasteiger partial charge is 0.472 e. The van der Waals surface area contributed by atoms with Crippen molar-refractivity contribution in [3.05, 3.63) is 36.9 Å². The molecule has 0 bridgehead atoms. The van der Waals surface area contributed by atoms with Gasteiger partial charge in [-0.05, 0) is 32.0 Å². The van der Waals surface area contributed by atoms with E-state index in [4.69, 9.17) is 10.2 Å². The van der Waals surface area contributed by atoms with Crippen LogP contribution in [-0.4, -0.2) is 20.5 Å². The van der Waals surface area contributed by atoms with Gasteiger partial charge in [-0.3, -0.25) is 4.68 Å². The molecule has 1 aromatic carbocycles. The summed E-state index contributed by atoms with van der Waals surface area (Å²) in [7, 11) is 0. The Morgan fingerprint density at radius 1 is 1.40 bits per heavy atom. The van der Waals surface area contributed by atoms with Crippen LogP contribution in [-0.2, 0) is 6.54 Å². The molecule has 0 amide bonds. The number of nitrogens with two attached hydrogens (primary N) is 1. The minimum absolute atomic E-state index is 0.433. The average molecular weight is 271 g/mol. The van der Waals surface area contributed by atoms with Crippen LogP contribution in [0.3, 0.4) is 0 Å². The molecule has 0 saturated carbocycles. The maximum Gasteiger partial charge on any atom is 0.0981 e. The second-order valence-corrected chi connectivity index (χ2v) is 5.65. The molecule has 0 atom stereocenters. The fraction of sp³-hybridized carbons (Fsp3) is 0.267. The number of fused-ring (bicyclic) bond motifs is 1. The number of furan rings is 1. The van der Waals surface area contributed by atoms with Crippen molar-refractivity contribution in [3.8, 4) is 11.1 Å². The normalized spacial score (nSPS) is 12.2. The lowest BCUT2D eigenvalue weighted by Gasteiger charge is -2.16. The molecule has 2 heterocycles. The number of hydrogen-bond acceptors (Lipinski definition) is 4. The lowest BCUT2D eigenvalue weighted by atomic mass is 10.1. The standard InChI is InChI=1S/C15H17N3O2/c1-15(2,19)9-18-7-11-5-13(16)12(6-14(11)17-18)10-3-4-20-8-10/h3-8,19H,9,16H2,1-2H3. The zero-order chi connectivity index (χ0) is 14.3. The third kappa shape index (κ3) is 2.40. The van der Waals surface area contributed by atoms with Gasteiger partial charge in [-0.2, -0.15) is 5.10 Å². The third-order valence-corrected chi connectivity index (χ3v) is 3.10. The fourth-order valence-corrected chi connectivity index (χ4v) is 2.29. The first-order chi connectivity index (χ1) is 9.42. The van der Waals surface area contributed by atoms with E-state index in [1.807, 2.05) is 24.4 Å². The van der Waals surface area contributed by atoms with Crippen molar-refractivity contribution in [1.29, 1.82) is 0 Å². The molecular formula is C15H17N3O2. The van der Waals surface area contributed by atoms with E-state index in [1.165, 1.54) is 0 Å². The Labute approximate surface area is 116 Å². The van der Waals surface area contributed by atoms with E-state index in [0.717, 1.165) is 22.0 Å². The van der Waals surface area contributed by atoms with Gasteiger partial charge in [-0.25, -0.2) is 0 Å². The Kier molecular flexibility index (Phi) is 2.79. The molecular weight excluding hydrogens is 254 g/mol. The highest BCUT2D eigenvalue weighted by atomic mass is 16.3. The van der Waals surface area contributed by atoms with E-state index < -0.39 is 5.60 Å². The Hall–Kier alpha value is -2.27. The number of benzene rings is 1. The van der Waals surface area contributed by atoms with E-state index in [1.54, 1.807) is 31.1 Å². The van der Waals surface area contributed by atoms with Crippen LogP contribution < -0.4 is 5.73 Å². The van der Waals surface area contributed by atoms with Gasteiger partial charge in [0.05, 0.1) is 30.2 Å². The Morgan fingerprint density at radius 3 is 2.85 bits per heavy atom. The number of hydrogen-bond donors (Lipinski definition) is 2. The van der Waals surface area contributed by atoms with Crippen molar-refractivity contribution in [1.82, 2.24) is 9.78 Å². The molecule has 5 nitrogen and oxygen atoms in total. The molecule has 104 valence electrons. The summed E-state index contributed by atoms with van der Waals surface area (Å²) in [4.78, 5) is 0. The van der Waals surface area contributed by atoms with Gasteiger partial charge in [-0.15, -0.1) is 0 Å². The van der Waals surface area contributed by atoms with Crippen LogP contribution in [0.25, 0.3) is 22.0 Å². The van der Waals surface area contributed by atoms with Gasteiger partial charge < -0.3 is 15.3 Å². The molecule has 20 heavy (non-hydrogen) atoms. The first kappa shape index (κ1) is 12.7. The number of rotatable bonds is 3. The topological polar surface area (TPSA) is 77.2 Å². The summed E-state index contributed by atoms with van der Waals surface area (Å²) < 4.78 is 6.83. The molecule has 0 fully saturated rings. The van der Waals surface area contributed by atoms with E-state index in [0.29, 0.717) is 12.2 Å². The van der Waals surface area contributed by atoms with Crippen molar-refractivity contribution in [2.24, 2.45) is 0 Å². The molecule has 3 aromatic rings. The molecule has 3 N–H and O–H groups in total. The molecule has 0 unspecified atom stereocenters. The molecule has 0 spiro atoms. The second kappa shape index (κ2) is 4.38. The molecule has 3 rings (SSSR count). The van der Waals surface area contributed by atoms with Crippen molar-refractivity contribution >= 4 is 16.6 Å². The fourth-order valence-electron chi connectivity index (χ4n) is 2.29. The predicted octanol–water partition coefficient (Wildman–Crippen LogP) is 2.65. The molecule has 0 radical (unpaired) electrons. The Morgan fingerprint density at radius 2 is 2.20 bits per heavy atom. The highest BCUT2D eigenvalue weighted by Gasteiger charge is 2.15. The molecule has 2 aromatic heterocycles. The van der Waals surface area contributed by atoms with Crippen molar-refractivity contribution < 1.29 is 9.52 Å².